The third-order valence-corrected chi connectivity index (χ3v) is 5.46. The molecule has 0 saturated carbocycles. The molecule has 1 aromatic carbocycles. The lowest BCUT2D eigenvalue weighted by molar-refractivity contribution is -0.124. The fourth-order valence-corrected chi connectivity index (χ4v) is 3.93. The normalized spacial score (nSPS) is 11.7. The van der Waals surface area contributed by atoms with Crippen LogP contribution in [0.4, 0.5) is 0 Å². The van der Waals surface area contributed by atoms with E-state index < -0.39 is 5.97 Å². The number of rotatable bonds is 6. The molecule has 25 heavy (non-hydrogen) atoms. The van der Waals surface area contributed by atoms with Crippen molar-refractivity contribution in [1.82, 2.24) is 5.32 Å². The van der Waals surface area contributed by atoms with Gasteiger partial charge < -0.3 is 10.1 Å². The van der Waals surface area contributed by atoms with E-state index in [1.54, 1.807) is 17.4 Å². The van der Waals surface area contributed by atoms with E-state index in [0.717, 1.165) is 15.3 Å². The number of amides is 1. The molecule has 2 aromatic heterocycles. The lowest BCUT2D eigenvalue weighted by atomic mass is 10.1. The molecule has 4 nitrogen and oxygen atoms in total. The van der Waals surface area contributed by atoms with Gasteiger partial charge in [-0.2, -0.15) is 0 Å². The van der Waals surface area contributed by atoms with Gasteiger partial charge >= 0.3 is 5.97 Å². The summed E-state index contributed by atoms with van der Waals surface area (Å²) in [5.74, 6) is -0.801. The molecule has 0 unspecified atom stereocenters. The van der Waals surface area contributed by atoms with Crippen molar-refractivity contribution in [3.05, 3.63) is 80.2 Å². The quantitative estimate of drug-likeness (QED) is 0.661. The van der Waals surface area contributed by atoms with Crippen molar-refractivity contribution >= 4 is 34.6 Å². The summed E-state index contributed by atoms with van der Waals surface area (Å²) in [4.78, 5) is 26.8. The smallest absolute Gasteiger partial charge is 0.348 e. The predicted octanol–water partition coefficient (Wildman–Crippen LogP) is 4.18. The van der Waals surface area contributed by atoms with E-state index in [2.05, 4.69) is 5.32 Å². The zero-order chi connectivity index (χ0) is 17.6. The Morgan fingerprint density at radius 2 is 1.88 bits per heavy atom. The van der Waals surface area contributed by atoms with Crippen LogP contribution < -0.4 is 5.32 Å². The summed E-state index contributed by atoms with van der Waals surface area (Å²) < 4.78 is 5.12. The standard InChI is InChI=1S/C19H17NO3S2/c1-13-9-10-16(25-13)19(22)23-12-17(21)20-18(15-8-5-11-24-15)14-6-3-2-4-7-14/h2-11,18H,12H2,1H3,(H,20,21)/t18-/m1/s1. The van der Waals surface area contributed by atoms with Crippen LogP contribution in [-0.4, -0.2) is 18.5 Å². The zero-order valence-corrected chi connectivity index (χ0v) is 15.2. The molecule has 128 valence electrons. The number of ether oxygens (including phenoxy) is 1. The maximum Gasteiger partial charge on any atom is 0.348 e. The van der Waals surface area contributed by atoms with Crippen molar-refractivity contribution in [2.24, 2.45) is 0 Å². The first-order chi connectivity index (χ1) is 12.1. The monoisotopic (exact) mass is 371 g/mol. The second-order valence-electron chi connectivity index (χ2n) is 5.41. The summed E-state index contributed by atoms with van der Waals surface area (Å²) in [6.07, 6.45) is 0. The number of esters is 1. The lowest BCUT2D eigenvalue weighted by Crippen LogP contribution is -2.32. The number of hydrogen-bond donors (Lipinski definition) is 1. The van der Waals surface area contributed by atoms with Crippen LogP contribution in [0, 0.1) is 6.92 Å². The van der Waals surface area contributed by atoms with Crippen molar-refractivity contribution in [1.29, 1.82) is 0 Å². The van der Waals surface area contributed by atoms with Gasteiger partial charge in [-0.15, -0.1) is 22.7 Å². The van der Waals surface area contributed by atoms with Gasteiger partial charge in [0.1, 0.15) is 4.88 Å². The minimum absolute atomic E-state index is 0.253. The molecule has 1 atom stereocenters. The van der Waals surface area contributed by atoms with Crippen LogP contribution in [0.15, 0.2) is 60.0 Å². The number of thiophene rings is 2. The Bertz CT molecular complexity index is 841. The van der Waals surface area contributed by atoms with Gasteiger partial charge in [-0.05, 0) is 36.1 Å². The summed E-state index contributed by atoms with van der Waals surface area (Å²) in [6.45, 7) is 1.62. The van der Waals surface area contributed by atoms with Gasteiger partial charge in [0.15, 0.2) is 6.61 Å². The first-order valence-corrected chi connectivity index (χ1v) is 9.44. The average molecular weight is 371 g/mol. The summed E-state index contributed by atoms with van der Waals surface area (Å²) in [7, 11) is 0. The summed E-state index contributed by atoms with van der Waals surface area (Å²) in [5.41, 5.74) is 0.985. The Balaban J connectivity index is 1.64. The molecule has 0 aliphatic heterocycles. The summed E-state index contributed by atoms with van der Waals surface area (Å²) in [6, 6.07) is 16.9. The van der Waals surface area contributed by atoms with Gasteiger partial charge in [0.2, 0.25) is 0 Å². The van der Waals surface area contributed by atoms with Gasteiger partial charge in [-0.25, -0.2) is 4.79 Å². The van der Waals surface area contributed by atoms with Crippen LogP contribution in [0.1, 0.15) is 31.0 Å². The van der Waals surface area contributed by atoms with Crippen molar-refractivity contribution in [2.45, 2.75) is 13.0 Å². The molecule has 2 heterocycles. The SMILES string of the molecule is Cc1ccc(C(=O)OCC(=O)N[C@H](c2ccccc2)c2cccs2)s1. The highest BCUT2D eigenvalue weighted by molar-refractivity contribution is 7.13. The topological polar surface area (TPSA) is 55.4 Å². The number of carbonyl (C=O) groups is 2. The Labute approximate surface area is 154 Å². The minimum atomic E-state index is -0.472. The molecule has 1 amide bonds. The second-order valence-corrected chi connectivity index (χ2v) is 7.68. The molecule has 0 aliphatic carbocycles. The molecule has 6 heteroatoms. The van der Waals surface area contributed by atoms with Crippen LogP contribution in [0.5, 0.6) is 0 Å². The molecule has 0 fully saturated rings. The van der Waals surface area contributed by atoms with Gasteiger partial charge in [-0.1, -0.05) is 36.4 Å². The Morgan fingerprint density at radius 1 is 1.08 bits per heavy atom. The van der Waals surface area contributed by atoms with Crippen molar-refractivity contribution < 1.29 is 14.3 Å². The van der Waals surface area contributed by atoms with Crippen molar-refractivity contribution in [2.75, 3.05) is 6.61 Å². The molecular weight excluding hydrogens is 354 g/mol. The fraction of sp³-hybridized carbons (Fsp3) is 0.158. The van der Waals surface area contributed by atoms with Gasteiger partial charge in [0.25, 0.3) is 5.91 Å². The van der Waals surface area contributed by atoms with E-state index in [9.17, 15) is 9.59 Å². The number of benzene rings is 1. The molecule has 0 saturated heterocycles. The van der Waals surface area contributed by atoms with Crippen LogP contribution in [-0.2, 0) is 9.53 Å². The molecule has 3 rings (SSSR count). The first-order valence-electron chi connectivity index (χ1n) is 7.75. The highest BCUT2D eigenvalue weighted by atomic mass is 32.1. The highest BCUT2D eigenvalue weighted by Crippen LogP contribution is 2.25. The van der Waals surface area contributed by atoms with Crippen LogP contribution >= 0.6 is 22.7 Å². The van der Waals surface area contributed by atoms with Crippen LogP contribution in [0.2, 0.25) is 0 Å². The molecule has 1 N–H and O–H groups in total. The van der Waals surface area contributed by atoms with Crippen LogP contribution in [0.25, 0.3) is 0 Å². The van der Waals surface area contributed by atoms with Crippen LogP contribution in [0.3, 0.4) is 0 Å². The number of nitrogens with one attached hydrogen (secondary N) is 1. The van der Waals surface area contributed by atoms with Gasteiger partial charge in [0, 0.05) is 9.75 Å². The summed E-state index contributed by atoms with van der Waals surface area (Å²) in [5, 5.41) is 4.91. The Hall–Kier alpha value is -2.44. The first kappa shape index (κ1) is 17.4. The van der Waals surface area contributed by atoms with Gasteiger partial charge in [-0.3, -0.25) is 4.79 Å². The van der Waals surface area contributed by atoms with Crippen molar-refractivity contribution in [3.63, 3.8) is 0 Å². The molecule has 0 spiro atoms. The van der Waals surface area contributed by atoms with E-state index in [1.807, 2.05) is 60.8 Å². The van der Waals surface area contributed by atoms with E-state index in [-0.39, 0.29) is 18.6 Å². The summed E-state index contributed by atoms with van der Waals surface area (Å²) >= 11 is 2.92. The minimum Gasteiger partial charge on any atom is -0.451 e. The Kier molecular flexibility index (Phi) is 5.63. The molecule has 0 bridgehead atoms. The number of carbonyl (C=O) groups excluding carboxylic acids is 2. The highest BCUT2D eigenvalue weighted by Gasteiger charge is 2.19. The molecular formula is C19H17NO3S2. The van der Waals surface area contributed by atoms with Gasteiger partial charge in [0.05, 0.1) is 6.04 Å². The number of hydrogen-bond acceptors (Lipinski definition) is 5. The van der Waals surface area contributed by atoms with E-state index in [0.29, 0.717) is 4.88 Å². The van der Waals surface area contributed by atoms with E-state index in [1.165, 1.54) is 11.3 Å². The van der Waals surface area contributed by atoms with E-state index >= 15 is 0 Å². The fourth-order valence-electron chi connectivity index (χ4n) is 2.37. The molecule has 0 radical (unpaired) electrons. The van der Waals surface area contributed by atoms with E-state index in [4.69, 9.17) is 4.74 Å². The maximum absolute atomic E-state index is 12.3. The largest absolute Gasteiger partial charge is 0.451 e. The third-order valence-electron chi connectivity index (χ3n) is 3.54. The second kappa shape index (κ2) is 8.09. The average Bonchev–Trinajstić information content (AvgIpc) is 3.30. The maximum atomic E-state index is 12.3. The predicted molar refractivity (Wildman–Crippen MR) is 100 cm³/mol. The Morgan fingerprint density at radius 3 is 2.52 bits per heavy atom. The lowest BCUT2D eigenvalue weighted by Gasteiger charge is -2.18. The third kappa shape index (κ3) is 4.55. The molecule has 0 aliphatic rings. The number of aryl methyl sites for hydroxylation is 1. The van der Waals surface area contributed by atoms with Crippen molar-refractivity contribution in [3.8, 4) is 0 Å². The zero-order valence-electron chi connectivity index (χ0n) is 13.6. The molecule has 3 aromatic rings.